The van der Waals surface area contributed by atoms with Gasteiger partial charge in [0.1, 0.15) is 5.70 Å². The number of methoxy groups -OCH3 is 2. The van der Waals surface area contributed by atoms with Crippen LogP contribution in [0.1, 0.15) is 5.56 Å². The lowest BCUT2D eigenvalue weighted by Gasteiger charge is -2.24. The van der Waals surface area contributed by atoms with Crippen LogP contribution in [0, 0.1) is 0 Å². The summed E-state index contributed by atoms with van der Waals surface area (Å²) in [6.07, 6.45) is 10.5. The fraction of sp³-hybridized carbons (Fsp3) is 0.227. The SMILES string of the molecule is COC(=O)C1=C(C(=O)OC)N(c2ccc(N(C)Cc3cnn(C)c3)cc2)C=CC=C1. The molecule has 0 saturated heterocycles. The van der Waals surface area contributed by atoms with Gasteiger partial charge in [-0.25, -0.2) is 9.59 Å². The Morgan fingerprint density at radius 3 is 2.37 bits per heavy atom. The van der Waals surface area contributed by atoms with E-state index in [4.69, 9.17) is 9.47 Å². The van der Waals surface area contributed by atoms with Gasteiger partial charge in [0.15, 0.2) is 0 Å². The Morgan fingerprint density at radius 1 is 1.07 bits per heavy atom. The van der Waals surface area contributed by atoms with Gasteiger partial charge in [0.05, 0.1) is 26.0 Å². The zero-order valence-corrected chi connectivity index (χ0v) is 17.4. The molecule has 30 heavy (non-hydrogen) atoms. The average molecular weight is 408 g/mol. The summed E-state index contributed by atoms with van der Waals surface area (Å²) in [6, 6.07) is 7.65. The normalized spacial score (nSPS) is 13.3. The lowest BCUT2D eigenvalue weighted by molar-refractivity contribution is -0.139. The molecule has 0 unspecified atom stereocenters. The number of allylic oxidation sites excluding steroid dienone is 2. The first kappa shape index (κ1) is 20.9. The van der Waals surface area contributed by atoms with Crippen LogP contribution in [0.3, 0.4) is 0 Å². The van der Waals surface area contributed by atoms with E-state index >= 15 is 0 Å². The number of carbonyl (C=O) groups excluding carboxylic acids is 2. The monoisotopic (exact) mass is 408 g/mol. The average Bonchev–Trinajstić information content (AvgIpc) is 3.04. The number of hydrogen-bond acceptors (Lipinski definition) is 7. The molecule has 0 fully saturated rings. The highest BCUT2D eigenvalue weighted by Gasteiger charge is 2.27. The highest BCUT2D eigenvalue weighted by atomic mass is 16.5. The standard InChI is InChI=1S/C22H24N4O4/c1-24(14-16-13-23-25(2)15-16)17-8-10-18(11-9-17)26-12-6-5-7-19(21(27)29-3)20(26)22(28)30-4/h5-13,15H,14H2,1-4H3. The van der Waals surface area contributed by atoms with Gasteiger partial charge in [0.2, 0.25) is 0 Å². The first-order valence-electron chi connectivity index (χ1n) is 9.28. The predicted molar refractivity (Wildman–Crippen MR) is 114 cm³/mol. The molecule has 1 aromatic carbocycles. The molecule has 0 radical (unpaired) electrons. The first-order valence-corrected chi connectivity index (χ1v) is 9.28. The van der Waals surface area contributed by atoms with E-state index in [2.05, 4.69) is 10.00 Å². The lowest BCUT2D eigenvalue weighted by atomic mass is 10.1. The van der Waals surface area contributed by atoms with Crippen molar-refractivity contribution in [3.8, 4) is 0 Å². The zero-order chi connectivity index (χ0) is 21.7. The second kappa shape index (κ2) is 9.13. The van der Waals surface area contributed by atoms with Gasteiger partial charge in [-0.1, -0.05) is 6.08 Å². The molecule has 156 valence electrons. The molecule has 8 heteroatoms. The summed E-state index contributed by atoms with van der Waals surface area (Å²) in [5.41, 5.74) is 3.01. The minimum absolute atomic E-state index is 0.0887. The van der Waals surface area contributed by atoms with Gasteiger partial charge in [-0.3, -0.25) is 4.68 Å². The maximum absolute atomic E-state index is 12.5. The Balaban J connectivity index is 1.91. The van der Waals surface area contributed by atoms with Crippen molar-refractivity contribution in [3.05, 3.63) is 77.9 Å². The minimum Gasteiger partial charge on any atom is -0.465 e. The van der Waals surface area contributed by atoms with Crippen molar-refractivity contribution < 1.29 is 19.1 Å². The van der Waals surface area contributed by atoms with E-state index in [1.165, 1.54) is 20.3 Å². The third kappa shape index (κ3) is 4.43. The quantitative estimate of drug-likeness (QED) is 0.680. The number of ether oxygens (including phenoxy) is 2. The number of rotatable bonds is 6. The van der Waals surface area contributed by atoms with E-state index < -0.39 is 11.9 Å². The van der Waals surface area contributed by atoms with Gasteiger partial charge in [0, 0.05) is 50.0 Å². The summed E-state index contributed by atoms with van der Waals surface area (Å²) in [4.78, 5) is 28.4. The van der Waals surface area contributed by atoms with Crippen LogP contribution in [0.15, 0.2) is 72.4 Å². The van der Waals surface area contributed by atoms with E-state index in [9.17, 15) is 9.59 Å². The Bertz CT molecular complexity index is 1020. The largest absolute Gasteiger partial charge is 0.465 e. The van der Waals surface area contributed by atoms with Crippen LogP contribution < -0.4 is 9.80 Å². The third-order valence-electron chi connectivity index (χ3n) is 4.64. The van der Waals surface area contributed by atoms with E-state index in [0.717, 1.165) is 11.3 Å². The van der Waals surface area contributed by atoms with Crippen LogP contribution in [0.4, 0.5) is 11.4 Å². The zero-order valence-electron chi connectivity index (χ0n) is 17.4. The molecule has 0 spiro atoms. The number of aromatic nitrogens is 2. The van der Waals surface area contributed by atoms with Crippen LogP contribution in [-0.2, 0) is 32.7 Å². The van der Waals surface area contributed by atoms with Crippen molar-refractivity contribution >= 4 is 23.3 Å². The molecule has 1 aromatic heterocycles. The molecule has 8 nitrogen and oxygen atoms in total. The van der Waals surface area contributed by atoms with Crippen molar-refractivity contribution in [1.82, 2.24) is 9.78 Å². The summed E-state index contributed by atoms with van der Waals surface area (Å²) in [7, 11) is 6.43. The van der Waals surface area contributed by atoms with Crippen molar-refractivity contribution in [2.45, 2.75) is 6.54 Å². The van der Waals surface area contributed by atoms with E-state index in [1.54, 1.807) is 27.9 Å². The van der Waals surface area contributed by atoms with Crippen molar-refractivity contribution in [3.63, 3.8) is 0 Å². The summed E-state index contributed by atoms with van der Waals surface area (Å²) in [5.74, 6) is -1.25. The number of aryl methyl sites for hydroxylation is 1. The van der Waals surface area contributed by atoms with Gasteiger partial charge in [-0.15, -0.1) is 0 Å². The fourth-order valence-electron chi connectivity index (χ4n) is 3.15. The van der Waals surface area contributed by atoms with E-state index in [0.29, 0.717) is 12.2 Å². The minimum atomic E-state index is -0.635. The summed E-state index contributed by atoms with van der Waals surface area (Å²) >= 11 is 0. The van der Waals surface area contributed by atoms with Crippen LogP contribution in [0.25, 0.3) is 0 Å². The first-order chi connectivity index (χ1) is 14.4. The smallest absolute Gasteiger partial charge is 0.355 e. The van der Waals surface area contributed by atoms with Crippen LogP contribution in [-0.4, -0.2) is 43.0 Å². The summed E-state index contributed by atoms with van der Waals surface area (Å²) in [6.45, 7) is 0.709. The van der Waals surface area contributed by atoms with E-state index in [-0.39, 0.29) is 11.3 Å². The van der Waals surface area contributed by atoms with Gasteiger partial charge in [-0.2, -0.15) is 5.10 Å². The highest BCUT2D eigenvalue weighted by molar-refractivity contribution is 6.05. The fourth-order valence-corrected chi connectivity index (χ4v) is 3.15. The maximum atomic E-state index is 12.5. The molecule has 0 N–H and O–H groups in total. The number of benzene rings is 1. The molecule has 2 heterocycles. The Kier molecular flexibility index (Phi) is 6.36. The molecular formula is C22H24N4O4. The van der Waals surface area contributed by atoms with Crippen molar-refractivity contribution in [1.29, 1.82) is 0 Å². The van der Waals surface area contributed by atoms with Crippen LogP contribution in [0.5, 0.6) is 0 Å². The molecule has 0 aliphatic carbocycles. The molecule has 2 aromatic rings. The number of carbonyl (C=O) groups is 2. The Labute approximate surface area is 175 Å². The van der Waals surface area contributed by atoms with Gasteiger partial charge in [0.25, 0.3) is 0 Å². The molecule has 1 aliphatic rings. The number of nitrogens with zero attached hydrogens (tertiary/aromatic N) is 4. The second-order valence-corrected chi connectivity index (χ2v) is 6.71. The molecule has 0 amide bonds. The van der Waals surface area contributed by atoms with Crippen molar-refractivity contribution in [2.24, 2.45) is 7.05 Å². The molecular weight excluding hydrogens is 384 g/mol. The van der Waals surface area contributed by atoms with Crippen molar-refractivity contribution in [2.75, 3.05) is 31.1 Å². The van der Waals surface area contributed by atoms with Crippen LogP contribution >= 0.6 is 0 Å². The molecule has 3 rings (SSSR count). The second-order valence-electron chi connectivity index (χ2n) is 6.71. The number of hydrogen-bond donors (Lipinski definition) is 0. The third-order valence-corrected chi connectivity index (χ3v) is 4.64. The van der Waals surface area contributed by atoms with Gasteiger partial charge < -0.3 is 19.3 Å². The topological polar surface area (TPSA) is 76.9 Å². The predicted octanol–water partition coefficient (Wildman–Crippen LogP) is 2.55. The molecule has 0 atom stereocenters. The number of esters is 2. The summed E-state index contributed by atoms with van der Waals surface area (Å²) < 4.78 is 11.5. The molecule has 0 saturated carbocycles. The Hall–Kier alpha value is -3.81. The number of anilines is 2. The highest BCUT2D eigenvalue weighted by Crippen LogP contribution is 2.28. The van der Waals surface area contributed by atoms with Crippen LogP contribution in [0.2, 0.25) is 0 Å². The van der Waals surface area contributed by atoms with Gasteiger partial charge in [-0.05, 0) is 36.4 Å². The van der Waals surface area contributed by atoms with E-state index in [1.807, 2.05) is 50.8 Å². The Morgan fingerprint density at radius 2 is 1.77 bits per heavy atom. The lowest BCUT2D eigenvalue weighted by Crippen LogP contribution is -2.27. The maximum Gasteiger partial charge on any atom is 0.355 e. The summed E-state index contributed by atoms with van der Waals surface area (Å²) in [5, 5.41) is 4.19. The van der Waals surface area contributed by atoms with Gasteiger partial charge >= 0.3 is 11.9 Å². The molecule has 0 bridgehead atoms. The molecule has 1 aliphatic heterocycles.